The van der Waals surface area contributed by atoms with Gasteiger partial charge in [-0.15, -0.1) is 11.3 Å². The van der Waals surface area contributed by atoms with Crippen LogP contribution in [0.5, 0.6) is 0 Å². The standard InChI is InChI=1S/C16H17N3O4S/c20-12-8-13(14(21)18-15-17-6-7-24-15)19(9-12)16(22)23-10-11-4-2-1-3-5-11/h1-7,12-13,20H,8-10H2,(H,17,18,21)/t12-,13-/m0/s1. The van der Waals surface area contributed by atoms with Crippen LogP contribution in [0.15, 0.2) is 41.9 Å². The molecule has 126 valence electrons. The van der Waals surface area contributed by atoms with Crippen LogP contribution in [-0.4, -0.2) is 45.7 Å². The van der Waals surface area contributed by atoms with E-state index in [4.69, 9.17) is 4.74 Å². The minimum absolute atomic E-state index is 0.0730. The monoisotopic (exact) mass is 347 g/mol. The van der Waals surface area contributed by atoms with Gasteiger partial charge in [-0.2, -0.15) is 0 Å². The van der Waals surface area contributed by atoms with Gasteiger partial charge in [0.2, 0.25) is 5.91 Å². The summed E-state index contributed by atoms with van der Waals surface area (Å²) in [4.78, 5) is 29.9. The minimum Gasteiger partial charge on any atom is -0.445 e. The molecule has 3 rings (SSSR count). The van der Waals surface area contributed by atoms with E-state index in [1.54, 1.807) is 11.6 Å². The first kappa shape index (κ1) is 16.4. The summed E-state index contributed by atoms with van der Waals surface area (Å²) >= 11 is 1.29. The third kappa shape index (κ3) is 3.90. The normalized spacial score (nSPS) is 20.0. The number of amides is 2. The van der Waals surface area contributed by atoms with E-state index in [9.17, 15) is 14.7 Å². The first-order chi connectivity index (χ1) is 11.6. The van der Waals surface area contributed by atoms with E-state index in [0.29, 0.717) is 5.13 Å². The van der Waals surface area contributed by atoms with Crippen molar-refractivity contribution in [1.82, 2.24) is 9.88 Å². The van der Waals surface area contributed by atoms with Gasteiger partial charge in [0.15, 0.2) is 5.13 Å². The topological polar surface area (TPSA) is 91.8 Å². The number of benzene rings is 1. The number of hydrogen-bond donors (Lipinski definition) is 2. The number of likely N-dealkylation sites (tertiary alicyclic amines) is 1. The van der Waals surface area contributed by atoms with Crippen LogP contribution in [0.25, 0.3) is 0 Å². The quantitative estimate of drug-likeness (QED) is 0.881. The Morgan fingerprint density at radius 3 is 2.88 bits per heavy atom. The fourth-order valence-corrected chi connectivity index (χ4v) is 3.07. The van der Waals surface area contributed by atoms with Crippen LogP contribution in [0, 0.1) is 0 Å². The zero-order chi connectivity index (χ0) is 16.9. The molecule has 0 unspecified atom stereocenters. The van der Waals surface area contributed by atoms with Crippen LogP contribution >= 0.6 is 11.3 Å². The van der Waals surface area contributed by atoms with Crippen molar-refractivity contribution in [2.45, 2.75) is 25.2 Å². The summed E-state index contributed by atoms with van der Waals surface area (Å²) in [6.45, 7) is 0.191. The minimum atomic E-state index is -0.771. The van der Waals surface area contributed by atoms with Crippen LogP contribution in [0.2, 0.25) is 0 Å². The maximum atomic E-state index is 12.3. The molecule has 2 aromatic rings. The Morgan fingerprint density at radius 1 is 1.38 bits per heavy atom. The van der Waals surface area contributed by atoms with Crippen molar-refractivity contribution in [1.29, 1.82) is 0 Å². The number of nitrogens with one attached hydrogen (secondary N) is 1. The second-order valence-corrected chi connectivity index (χ2v) is 6.32. The van der Waals surface area contributed by atoms with E-state index in [2.05, 4.69) is 10.3 Å². The molecule has 0 radical (unpaired) electrons. The van der Waals surface area contributed by atoms with Crippen LogP contribution in [0.1, 0.15) is 12.0 Å². The summed E-state index contributed by atoms with van der Waals surface area (Å²) in [5, 5.41) is 14.7. The molecule has 1 aromatic carbocycles. The van der Waals surface area contributed by atoms with Crippen LogP contribution in [-0.2, 0) is 16.1 Å². The molecule has 0 saturated carbocycles. The Labute approximate surface area is 142 Å². The van der Waals surface area contributed by atoms with E-state index in [1.807, 2.05) is 30.3 Å². The summed E-state index contributed by atoms with van der Waals surface area (Å²) in [7, 11) is 0. The molecule has 24 heavy (non-hydrogen) atoms. The Hall–Kier alpha value is -2.45. The summed E-state index contributed by atoms with van der Waals surface area (Å²) in [5.41, 5.74) is 0.856. The molecular formula is C16H17N3O4S. The highest BCUT2D eigenvalue weighted by atomic mass is 32.1. The van der Waals surface area contributed by atoms with Crippen LogP contribution in [0.4, 0.5) is 9.93 Å². The highest BCUT2D eigenvalue weighted by Gasteiger charge is 2.40. The molecule has 1 aliphatic rings. The average molecular weight is 347 g/mol. The number of carbonyl (C=O) groups is 2. The van der Waals surface area contributed by atoms with Gasteiger partial charge in [-0.25, -0.2) is 9.78 Å². The first-order valence-corrected chi connectivity index (χ1v) is 8.37. The number of aliphatic hydroxyl groups excluding tert-OH is 1. The van der Waals surface area contributed by atoms with Gasteiger partial charge in [-0.05, 0) is 5.56 Å². The molecule has 2 heterocycles. The molecule has 1 aliphatic heterocycles. The second kappa shape index (κ2) is 7.41. The fraction of sp³-hybridized carbons (Fsp3) is 0.312. The van der Waals surface area contributed by atoms with Crippen molar-refractivity contribution in [2.75, 3.05) is 11.9 Å². The Bertz CT molecular complexity index is 693. The highest BCUT2D eigenvalue weighted by molar-refractivity contribution is 7.13. The number of hydrogen-bond acceptors (Lipinski definition) is 6. The van der Waals surface area contributed by atoms with Gasteiger partial charge in [0.25, 0.3) is 0 Å². The van der Waals surface area contributed by atoms with E-state index in [1.165, 1.54) is 16.2 Å². The van der Waals surface area contributed by atoms with Crippen LogP contribution in [0.3, 0.4) is 0 Å². The number of nitrogens with zero attached hydrogens (tertiary/aromatic N) is 2. The fourth-order valence-electron chi connectivity index (χ4n) is 2.54. The predicted octanol–water partition coefficient (Wildman–Crippen LogP) is 1.85. The van der Waals surface area contributed by atoms with E-state index < -0.39 is 18.2 Å². The van der Waals surface area contributed by atoms with Gasteiger partial charge < -0.3 is 15.2 Å². The number of aromatic nitrogens is 1. The molecule has 1 aromatic heterocycles. The lowest BCUT2D eigenvalue weighted by Gasteiger charge is -2.22. The third-order valence-electron chi connectivity index (χ3n) is 3.68. The van der Waals surface area contributed by atoms with E-state index in [0.717, 1.165) is 5.56 Å². The number of rotatable bonds is 4. The zero-order valence-corrected chi connectivity index (χ0v) is 13.6. The van der Waals surface area contributed by atoms with Crippen LogP contribution < -0.4 is 5.32 Å². The molecule has 2 N–H and O–H groups in total. The van der Waals surface area contributed by atoms with Crippen molar-refractivity contribution in [3.05, 3.63) is 47.5 Å². The molecule has 2 amide bonds. The zero-order valence-electron chi connectivity index (χ0n) is 12.8. The van der Waals surface area contributed by atoms with Gasteiger partial charge in [0.1, 0.15) is 12.6 Å². The van der Waals surface area contributed by atoms with Crippen molar-refractivity contribution in [3.8, 4) is 0 Å². The number of anilines is 1. The molecule has 2 atom stereocenters. The summed E-state index contributed by atoms with van der Waals surface area (Å²) in [5.74, 6) is -0.377. The second-order valence-electron chi connectivity index (χ2n) is 5.42. The molecule has 8 heteroatoms. The molecule has 0 aliphatic carbocycles. The smallest absolute Gasteiger partial charge is 0.410 e. The number of ether oxygens (including phenoxy) is 1. The molecular weight excluding hydrogens is 330 g/mol. The van der Waals surface area contributed by atoms with Gasteiger partial charge in [-0.3, -0.25) is 9.69 Å². The Kier molecular flexibility index (Phi) is 5.07. The lowest BCUT2D eigenvalue weighted by atomic mass is 10.2. The summed E-state index contributed by atoms with van der Waals surface area (Å²) < 4.78 is 5.26. The first-order valence-electron chi connectivity index (χ1n) is 7.49. The SMILES string of the molecule is O=C(Nc1nccs1)[C@@H]1C[C@H](O)CN1C(=O)OCc1ccccc1. The molecule has 0 bridgehead atoms. The lowest BCUT2D eigenvalue weighted by Crippen LogP contribution is -2.43. The molecule has 0 spiro atoms. The van der Waals surface area contributed by atoms with Gasteiger partial charge in [0, 0.05) is 18.0 Å². The molecule has 1 fully saturated rings. The number of β-amino-alcohol motifs (C(OH)–C–C–N with tert-alkyl or cyclic N) is 1. The van der Waals surface area contributed by atoms with Gasteiger partial charge in [-0.1, -0.05) is 30.3 Å². The summed E-state index contributed by atoms with van der Waals surface area (Å²) in [6, 6.07) is 8.51. The third-order valence-corrected chi connectivity index (χ3v) is 4.37. The van der Waals surface area contributed by atoms with Crippen molar-refractivity contribution < 1.29 is 19.4 Å². The number of thiazole rings is 1. The maximum absolute atomic E-state index is 12.3. The van der Waals surface area contributed by atoms with Gasteiger partial charge in [0.05, 0.1) is 12.6 Å². The van der Waals surface area contributed by atoms with E-state index in [-0.39, 0.29) is 25.5 Å². The number of carbonyl (C=O) groups excluding carboxylic acids is 2. The van der Waals surface area contributed by atoms with Crippen molar-refractivity contribution in [3.63, 3.8) is 0 Å². The molecule has 7 nitrogen and oxygen atoms in total. The number of aliphatic hydroxyl groups is 1. The molecule has 1 saturated heterocycles. The van der Waals surface area contributed by atoms with Gasteiger partial charge >= 0.3 is 6.09 Å². The largest absolute Gasteiger partial charge is 0.445 e. The maximum Gasteiger partial charge on any atom is 0.410 e. The summed E-state index contributed by atoms with van der Waals surface area (Å²) in [6.07, 6.45) is 0.392. The average Bonchev–Trinajstić information content (AvgIpc) is 3.23. The van der Waals surface area contributed by atoms with Crippen molar-refractivity contribution in [2.24, 2.45) is 0 Å². The Morgan fingerprint density at radius 2 is 2.17 bits per heavy atom. The highest BCUT2D eigenvalue weighted by Crippen LogP contribution is 2.22. The Balaban J connectivity index is 1.61. The lowest BCUT2D eigenvalue weighted by molar-refractivity contribution is -0.120. The van der Waals surface area contributed by atoms with E-state index >= 15 is 0 Å². The van der Waals surface area contributed by atoms with Crippen molar-refractivity contribution >= 4 is 28.5 Å². The predicted molar refractivity (Wildman–Crippen MR) is 88.5 cm³/mol.